The largest absolute Gasteiger partial charge is 0.765 e. The molecule has 0 aromatic carbocycles. The minimum atomic E-state index is -2.74. The number of hydrazine groups is 1. The molecule has 0 saturated carbocycles. The lowest BCUT2D eigenvalue weighted by Gasteiger charge is -1.98. The van der Waals surface area contributed by atoms with E-state index in [1.165, 1.54) is 5.43 Å². The predicted octanol–water partition coefficient (Wildman–Crippen LogP) is -1.55. The van der Waals surface area contributed by atoms with E-state index in [1.54, 1.807) is 0 Å². The molecule has 6 heteroatoms. The van der Waals surface area contributed by atoms with E-state index in [9.17, 15) is 13.6 Å². The van der Waals surface area contributed by atoms with Crippen molar-refractivity contribution in [2.45, 2.75) is 0 Å². The smallest absolute Gasteiger partial charge is 0.309 e. The molecule has 0 heterocycles. The van der Waals surface area contributed by atoms with Gasteiger partial charge in [-0.05, 0) is 0 Å². The molecule has 0 aliphatic rings. The number of nitrogens with one attached hydrogen (secondary N) is 1. The monoisotopic (exact) mass is 123 g/mol. The van der Waals surface area contributed by atoms with Crippen LogP contribution in [-0.2, 0) is 11.1 Å². The summed E-state index contributed by atoms with van der Waals surface area (Å²) in [7, 11) is 0. The Hall–Kier alpha value is -0.460. The van der Waals surface area contributed by atoms with Crippen molar-refractivity contribution < 1.29 is 13.6 Å². The van der Waals surface area contributed by atoms with Gasteiger partial charge < -0.3 is 4.55 Å². The Morgan fingerprint density at radius 3 is 2.29 bits per heavy atom. The number of rotatable bonds is 0. The highest BCUT2D eigenvalue weighted by atomic mass is 32.2. The molecule has 42 valence electrons. The lowest BCUT2D eigenvalue weighted by atomic mass is 11.4. The van der Waals surface area contributed by atoms with Gasteiger partial charge in [0.2, 0.25) is 0 Å². The molecule has 1 unspecified atom stereocenters. The van der Waals surface area contributed by atoms with Gasteiger partial charge in [-0.3, -0.25) is 14.4 Å². The van der Waals surface area contributed by atoms with Crippen LogP contribution >= 0.6 is 0 Å². The minimum Gasteiger partial charge on any atom is -0.765 e. The Morgan fingerprint density at radius 2 is 2.29 bits per heavy atom. The van der Waals surface area contributed by atoms with E-state index in [0.717, 1.165) is 0 Å². The summed E-state index contributed by atoms with van der Waals surface area (Å²) in [5.41, 5.74) is 1.41. The van der Waals surface area contributed by atoms with Crippen LogP contribution < -0.4 is 11.3 Å². The molecule has 1 amide bonds. The van der Waals surface area contributed by atoms with Gasteiger partial charge in [0.25, 0.3) is 0 Å². The van der Waals surface area contributed by atoms with Crippen LogP contribution in [0, 0.1) is 0 Å². The van der Waals surface area contributed by atoms with Crippen LogP contribution in [0.5, 0.6) is 0 Å². The van der Waals surface area contributed by atoms with Gasteiger partial charge in [0.05, 0.1) is 0 Å². The van der Waals surface area contributed by atoms with E-state index in [4.69, 9.17) is 0 Å². The third-order valence-electron chi connectivity index (χ3n) is 0.269. The first-order chi connectivity index (χ1) is 3.18. The van der Waals surface area contributed by atoms with Crippen LogP contribution in [0.4, 0.5) is 4.79 Å². The van der Waals surface area contributed by atoms with E-state index in [-0.39, 0.29) is 0 Å². The highest BCUT2D eigenvalue weighted by Crippen LogP contribution is 1.69. The normalized spacial score (nSPS) is 12.9. The molecule has 0 radical (unpaired) electrons. The van der Waals surface area contributed by atoms with Crippen LogP contribution in [0.2, 0.25) is 0 Å². The van der Waals surface area contributed by atoms with Crippen molar-refractivity contribution >= 4 is 16.3 Å². The summed E-state index contributed by atoms with van der Waals surface area (Å²) in [6.07, 6.45) is 0. The average Bonchev–Trinajstić information content (AvgIpc) is 1.65. The lowest BCUT2D eigenvalue weighted by Crippen LogP contribution is -2.31. The molecule has 0 aromatic heterocycles. The standard InChI is InChI=1S/CH4N2O3S/c2-3-1(4)7(5)6/h2H2,(H,3,4)(H,5,6)/p-1. The molecule has 0 aromatic rings. The van der Waals surface area contributed by atoms with E-state index < -0.39 is 16.3 Å². The van der Waals surface area contributed by atoms with E-state index >= 15 is 0 Å². The Kier molecular flexibility index (Phi) is 2.49. The maximum absolute atomic E-state index is 9.66. The van der Waals surface area contributed by atoms with Crippen molar-refractivity contribution in [3.63, 3.8) is 0 Å². The molecule has 0 aliphatic carbocycles. The fourth-order valence-corrected chi connectivity index (χ4v) is 0.144. The molecule has 1 atom stereocenters. The minimum absolute atomic E-state index is 1.21. The molecule has 7 heavy (non-hydrogen) atoms. The number of carbonyl (C=O) groups excluding carboxylic acids is 1. The van der Waals surface area contributed by atoms with E-state index in [0.29, 0.717) is 0 Å². The molecule has 0 fully saturated rings. The zero-order valence-corrected chi connectivity index (χ0v) is 4.03. The maximum atomic E-state index is 9.66. The lowest BCUT2D eigenvalue weighted by molar-refractivity contribution is 0.258. The fraction of sp³-hybridized carbons (Fsp3) is 0. The van der Waals surface area contributed by atoms with Crippen LogP contribution in [-0.4, -0.2) is 14.0 Å². The second-order valence-electron chi connectivity index (χ2n) is 0.667. The van der Waals surface area contributed by atoms with Crippen LogP contribution in [0.1, 0.15) is 0 Å². The Labute approximate surface area is 42.1 Å². The summed E-state index contributed by atoms with van der Waals surface area (Å²) in [5, 5.41) is -1.21. The number of nitrogens with two attached hydrogens (primary N) is 1. The quantitative estimate of drug-likeness (QED) is 0.176. The maximum Gasteiger partial charge on any atom is 0.309 e. The summed E-state index contributed by atoms with van der Waals surface area (Å²) in [6, 6.07) is 0. The first-order valence-corrected chi connectivity index (χ1v) is 2.36. The van der Waals surface area contributed by atoms with Gasteiger partial charge in [-0.25, -0.2) is 5.84 Å². The van der Waals surface area contributed by atoms with Gasteiger partial charge in [0.15, 0.2) is 0 Å². The van der Waals surface area contributed by atoms with E-state index in [2.05, 4.69) is 5.84 Å². The molecule has 0 spiro atoms. The van der Waals surface area contributed by atoms with Gasteiger partial charge in [-0.2, -0.15) is 0 Å². The fourth-order valence-electron chi connectivity index (χ4n) is 0.0481. The second kappa shape index (κ2) is 2.67. The number of hydrogen-bond acceptors (Lipinski definition) is 4. The molecule has 0 rings (SSSR count). The number of hydrogen-bond donors (Lipinski definition) is 2. The van der Waals surface area contributed by atoms with Crippen molar-refractivity contribution in [2.75, 3.05) is 0 Å². The van der Waals surface area contributed by atoms with Crippen LogP contribution in [0.3, 0.4) is 0 Å². The van der Waals surface area contributed by atoms with Crippen molar-refractivity contribution in [2.24, 2.45) is 5.84 Å². The van der Waals surface area contributed by atoms with Crippen molar-refractivity contribution in [1.82, 2.24) is 5.43 Å². The SMILES string of the molecule is NNC(=O)S(=O)[O-]. The Balaban J connectivity index is 3.58. The zero-order valence-electron chi connectivity index (χ0n) is 3.21. The third-order valence-corrected chi connectivity index (χ3v) is 0.690. The first-order valence-electron chi connectivity index (χ1n) is 1.28. The molecule has 0 bridgehead atoms. The molecule has 0 saturated heterocycles. The molecule has 3 N–H and O–H groups in total. The Bertz CT molecular complexity index is 101. The van der Waals surface area contributed by atoms with Crippen LogP contribution in [0.25, 0.3) is 0 Å². The Morgan fingerprint density at radius 1 is 1.86 bits per heavy atom. The average molecular weight is 123 g/mol. The summed E-state index contributed by atoms with van der Waals surface area (Å²) in [4.78, 5) is 9.66. The van der Waals surface area contributed by atoms with Gasteiger partial charge in [-0.15, -0.1) is 0 Å². The second-order valence-corrected chi connectivity index (χ2v) is 1.51. The number of amides is 1. The van der Waals surface area contributed by atoms with Gasteiger partial charge >= 0.3 is 5.24 Å². The highest BCUT2D eigenvalue weighted by Gasteiger charge is 1.91. The van der Waals surface area contributed by atoms with Gasteiger partial charge in [-0.1, -0.05) is 0 Å². The summed E-state index contributed by atoms with van der Waals surface area (Å²) in [6.45, 7) is 0. The van der Waals surface area contributed by atoms with Crippen molar-refractivity contribution in [3.05, 3.63) is 0 Å². The summed E-state index contributed by atoms with van der Waals surface area (Å²) in [5.74, 6) is 4.38. The number of carbonyl (C=O) groups is 1. The third kappa shape index (κ3) is 2.26. The summed E-state index contributed by atoms with van der Waals surface area (Å²) < 4.78 is 18.9. The molecule has 5 nitrogen and oxygen atoms in total. The highest BCUT2D eigenvalue weighted by molar-refractivity contribution is 7.95. The van der Waals surface area contributed by atoms with E-state index in [1.807, 2.05) is 0 Å². The van der Waals surface area contributed by atoms with Crippen LogP contribution in [0.15, 0.2) is 0 Å². The topological polar surface area (TPSA) is 95.2 Å². The summed E-state index contributed by atoms with van der Waals surface area (Å²) >= 11 is -2.74. The van der Waals surface area contributed by atoms with Gasteiger partial charge in [0.1, 0.15) is 0 Å². The van der Waals surface area contributed by atoms with Crippen molar-refractivity contribution in [1.29, 1.82) is 0 Å². The van der Waals surface area contributed by atoms with Gasteiger partial charge in [0, 0.05) is 11.1 Å². The van der Waals surface area contributed by atoms with Crippen molar-refractivity contribution in [3.8, 4) is 0 Å². The molecule has 0 aliphatic heterocycles. The zero-order chi connectivity index (χ0) is 5.86. The first kappa shape index (κ1) is 6.54. The molecular weight excluding hydrogens is 120 g/mol. The molecular formula is CH3N2O3S-. The predicted molar refractivity (Wildman–Crippen MR) is 21.6 cm³/mol.